The zero-order valence-electron chi connectivity index (χ0n) is 9.49. The molecule has 1 aromatic rings. The zero-order valence-corrected chi connectivity index (χ0v) is 10.2. The molecule has 0 aliphatic carbocycles. The smallest absolute Gasteiger partial charge is 0.0967 e. The summed E-state index contributed by atoms with van der Waals surface area (Å²) >= 11 is 5.76. The molecule has 0 bridgehead atoms. The van der Waals surface area contributed by atoms with Gasteiger partial charge in [0.15, 0.2) is 0 Å². The highest BCUT2D eigenvalue weighted by atomic mass is 35.5. The zero-order chi connectivity index (χ0) is 11.1. The Balaban J connectivity index is 2.42. The summed E-state index contributed by atoms with van der Waals surface area (Å²) in [4.78, 5) is 2.32. The fourth-order valence-electron chi connectivity index (χ4n) is 1.47. The van der Waals surface area contributed by atoms with Crippen molar-refractivity contribution < 1.29 is 0 Å². The van der Waals surface area contributed by atoms with Gasteiger partial charge >= 0.3 is 0 Å². The molecule has 0 saturated heterocycles. The molecule has 0 amide bonds. The Kier molecular flexibility index (Phi) is 5.65. The van der Waals surface area contributed by atoms with Gasteiger partial charge in [-0.1, -0.05) is 18.6 Å². The Morgan fingerprint density at radius 3 is 2.80 bits per heavy atom. The number of nitrogens with zero attached hydrogens (tertiary/aromatic N) is 4. The summed E-state index contributed by atoms with van der Waals surface area (Å²) in [5.41, 5.74) is 1.01. The van der Waals surface area contributed by atoms with Crippen molar-refractivity contribution in [1.29, 1.82) is 0 Å². The minimum Gasteiger partial charge on any atom is -0.296 e. The van der Waals surface area contributed by atoms with E-state index in [0.29, 0.717) is 5.88 Å². The number of alkyl halides is 1. The van der Waals surface area contributed by atoms with E-state index in [1.807, 2.05) is 13.2 Å². The lowest BCUT2D eigenvalue weighted by Crippen LogP contribution is -2.26. The Hall–Kier alpha value is -0.610. The van der Waals surface area contributed by atoms with Crippen LogP contribution in [0, 0.1) is 0 Å². The molecule has 5 heteroatoms. The largest absolute Gasteiger partial charge is 0.296 e. The number of rotatable bonds is 7. The lowest BCUT2D eigenvalue weighted by molar-refractivity contribution is 0.273. The molecule has 1 rings (SSSR count). The topological polar surface area (TPSA) is 34.0 Å². The summed E-state index contributed by atoms with van der Waals surface area (Å²) in [7, 11) is 1.88. The summed E-state index contributed by atoms with van der Waals surface area (Å²) in [6, 6.07) is 0. The second-order valence-corrected chi connectivity index (χ2v) is 4.08. The number of aromatic nitrogens is 3. The van der Waals surface area contributed by atoms with E-state index in [-0.39, 0.29) is 0 Å². The summed E-state index contributed by atoms with van der Waals surface area (Å²) in [5, 5.41) is 7.99. The number of hydrogen-bond acceptors (Lipinski definition) is 3. The normalized spacial score (nSPS) is 11.2. The second kappa shape index (κ2) is 6.80. The minimum absolute atomic E-state index is 0.671. The van der Waals surface area contributed by atoms with Gasteiger partial charge in [-0.05, 0) is 13.0 Å². The highest BCUT2D eigenvalue weighted by Gasteiger charge is 2.07. The number of unbranched alkanes of at least 4 members (excludes halogenated alkanes) is 1. The highest BCUT2D eigenvalue weighted by molar-refractivity contribution is 6.18. The maximum atomic E-state index is 5.76. The molecule has 0 aliphatic rings. The van der Waals surface area contributed by atoms with Gasteiger partial charge in [0.2, 0.25) is 0 Å². The van der Waals surface area contributed by atoms with Crippen molar-refractivity contribution in [1.82, 2.24) is 19.9 Å². The Labute approximate surface area is 96.2 Å². The van der Waals surface area contributed by atoms with Crippen molar-refractivity contribution in [2.24, 2.45) is 7.05 Å². The molecule has 86 valence electrons. The predicted octanol–water partition coefficient (Wildman–Crippen LogP) is 1.66. The number of halogens is 1. The standard InChI is InChI=1S/C10H19ClN4/c1-3-4-6-15(7-5-11)9-10-8-14(2)13-12-10/h8H,3-7,9H2,1-2H3. The van der Waals surface area contributed by atoms with Gasteiger partial charge in [0.1, 0.15) is 0 Å². The van der Waals surface area contributed by atoms with Gasteiger partial charge in [0.05, 0.1) is 5.69 Å². The van der Waals surface area contributed by atoms with E-state index in [4.69, 9.17) is 11.6 Å². The van der Waals surface area contributed by atoms with Crippen LogP contribution in [0.2, 0.25) is 0 Å². The van der Waals surface area contributed by atoms with E-state index in [1.165, 1.54) is 12.8 Å². The van der Waals surface area contributed by atoms with E-state index in [2.05, 4.69) is 22.1 Å². The van der Waals surface area contributed by atoms with Crippen LogP contribution >= 0.6 is 11.6 Å². The molecular weight excluding hydrogens is 212 g/mol. The SMILES string of the molecule is CCCCN(CCCl)Cc1cn(C)nn1. The third-order valence-corrected chi connectivity index (χ3v) is 2.43. The van der Waals surface area contributed by atoms with Crippen molar-refractivity contribution in [3.8, 4) is 0 Å². The van der Waals surface area contributed by atoms with Crippen LogP contribution in [0.25, 0.3) is 0 Å². The van der Waals surface area contributed by atoms with Crippen molar-refractivity contribution in [2.45, 2.75) is 26.3 Å². The fraction of sp³-hybridized carbons (Fsp3) is 0.800. The molecule has 1 heterocycles. The van der Waals surface area contributed by atoms with E-state index in [9.17, 15) is 0 Å². The van der Waals surface area contributed by atoms with Gasteiger partial charge < -0.3 is 0 Å². The lowest BCUT2D eigenvalue weighted by atomic mass is 10.3. The van der Waals surface area contributed by atoms with Crippen LogP contribution in [0.15, 0.2) is 6.20 Å². The van der Waals surface area contributed by atoms with Gasteiger partial charge in [-0.2, -0.15) is 0 Å². The first-order valence-corrected chi connectivity index (χ1v) is 5.93. The summed E-state index contributed by atoms with van der Waals surface area (Å²) in [6.07, 6.45) is 4.36. The molecule has 0 N–H and O–H groups in total. The van der Waals surface area contributed by atoms with E-state index in [1.54, 1.807) is 4.68 Å². The highest BCUT2D eigenvalue weighted by Crippen LogP contribution is 2.02. The first-order chi connectivity index (χ1) is 7.26. The molecule has 15 heavy (non-hydrogen) atoms. The first-order valence-electron chi connectivity index (χ1n) is 5.39. The second-order valence-electron chi connectivity index (χ2n) is 3.70. The van der Waals surface area contributed by atoms with Crippen LogP contribution in [0.1, 0.15) is 25.5 Å². The molecule has 1 aromatic heterocycles. The van der Waals surface area contributed by atoms with Crippen LogP contribution in [0.3, 0.4) is 0 Å². The van der Waals surface area contributed by atoms with E-state index >= 15 is 0 Å². The summed E-state index contributed by atoms with van der Waals surface area (Å²) < 4.78 is 1.73. The van der Waals surface area contributed by atoms with E-state index in [0.717, 1.165) is 25.3 Å². The Morgan fingerprint density at radius 2 is 2.27 bits per heavy atom. The number of hydrogen-bond donors (Lipinski definition) is 0. The molecule has 0 aliphatic heterocycles. The quantitative estimate of drug-likeness (QED) is 0.668. The summed E-state index contributed by atoms with van der Waals surface area (Å²) in [5.74, 6) is 0.671. The number of aryl methyl sites for hydroxylation is 1. The maximum Gasteiger partial charge on any atom is 0.0967 e. The Morgan fingerprint density at radius 1 is 1.47 bits per heavy atom. The lowest BCUT2D eigenvalue weighted by Gasteiger charge is -2.19. The molecule has 0 spiro atoms. The van der Waals surface area contributed by atoms with Crippen LogP contribution in [-0.4, -0.2) is 38.9 Å². The average molecular weight is 231 g/mol. The molecule has 4 nitrogen and oxygen atoms in total. The summed E-state index contributed by atoms with van der Waals surface area (Å²) in [6.45, 7) is 5.04. The third kappa shape index (κ3) is 4.62. The average Bonchev–Trinajstić information content (AvgIpc) is 2.61. The van der Waals surface area contributed by atoms with Crippen LogP contribution in [0.4, 0.5) is 0 Å². The van der Waals surface area contributed by atoms with E-state index < -0.39 is 0 Å². The van der Waals surface area contributed by atoms with Crippen molar-refractivity contribution >= 4 is 11.6 Å². The van der Waals surface area contributed by atoms with Crippen molar-refractivity contribution in [3.63, 3.8) is 0 Å². The van der Waals surface area contributed by atoms with Gasteiger partial charge in [0, 0.05) is 32.2 Å². The van der Waals surface area contributed by atoms with Crippen LogP contribution in [-0.2, 0) is 13.6 Å². The molecule has 0 saturated carbocycles. The fourth-order valence-corrected chi connectivity index (χ4v) is 1.71. The molecular formula is C10H19ClN4. The predicted molar refractivity (Wildman–Crippen MR) is 61.9 cm³/mol. The van der Waals surface area contributed by atoms with Gasteiger partial charge in [0.25, 0.3) is 0 Å². The van der Waals surface area contributed by atoms with Crippen molar-refractivity contribution in [3.05, 3.63) is 11.9 Å². The van der Waals surface area contributed by atoms with Gasteiger partial charge in [-0.15, -0.1) is 16.7 Å². The van der Waals surface area contributed by atoms with Gasteiger partial charge in [-0.3, -0.25) is 9.58 Å². The molecule has 0 atom stereocenters. The maximum absolute atomic E-state index is 5.76. The third-order valence-electron chi connectivity index (χ3n) is 2.26. The van der Waals surface area contributed by atoms with Crippen LogP contribution < -0.4 is 0 Å². The van der Waals surface area contributed by atoms with Crippen molar-refractivity contribution in [2.75, 3.05) is 19.0 Å². The molecule has 0 unspecified atom stereocenters. The minimum atomic E-state index is 0.671. The molecule has 0 fully saturated rings. The first kappa shape index (κ1) is 12.5. The van der Waals surface area contributed by atoms with Crippen LogP contribution in [0.5, 0.6) is 0 Å². The van der Waals surface area contributed by atoms with Gasteiger partial charge in [-0.25, -0.2) is 0 Å². The monoisotopic (exact) mass is 230 g/mol. The molecule has 0 aromatic carbocycles. The molecule has 0 radical (unpaired) electrons. The Bertz CT molecular complexity index is 274.